The zero-order valence-corrected chi connectivity index (χ0v) is 30.3. The molecule has 2 fully saturated rings. The number of nitrogens with zero attached hydrogens (tertiary/aromatic N) is 1. The minimum absolute atomic E-state index is 0.701. The van der Waals surface area contributed by atoms with E-state index in [2.05, 4.69) is 169 Å². The Kier molecular flexibility index (Phi) is 9.81. The van der Waals surface area contributed by atoms with Crippen LogP contribution < -0.4 is 25.6 Å². The van der Waals surface area contributed by atoms with Crippen molar-refractivity contribution in [3.8, 4) is 0 Å². The zero-order chi connectivity index (χ0) is 33.6. The van der Waals surface area contributed by atoms with E-state index >= 15 is 0 Å². The van der Waals surface area contributed by atoms with Gasteiger partial charge in [-0.15, -0.1) is 0 Å². The first-order valence-electron chi connectivity index (χ1n) is 19.1. The van der Waals surface area contributed by atoms with Gasteiger partial charge in [0.05, 0.1) is 0 Å². The second kappa shape index (κ2) is 15.1. The van der Waals surface area contributed by atoms with Crippen molar-refractivity contribution >= 4 is 45.9 Å². The number of hydrogen-bond donors (Lipinski definition) is 0. The van der Waals surface area contributed by atoms with Crippen LogP contribution in [0.2, 0.25) is 0 Å². The van der Waals surface area contributed by atoms with E-state index in [-0.39, 0.29) is 0 Å². The van der Waals surface area contributed by atoms with Crippen LogP contribution in [0.1, 0.15) is 87.2 Å². The van der Waals surface area contributed by atoms with E-state index in [0.29, 0.717) is 11.8 Å². The molecule has 0 unspecified atom stereocenters. The summed E-state index contributed by atoms with van der Waals surface area (Å²) in [6.07, 6.45) is 13.5. The van der Waals surface area contributed by atoms with Crippen molar-refractivity contribution in [3.05, 3.63) is 175 Å². The molecule has 50 heavy (non-hydrogen) atoms. The Balaban J connectivity index is 1.23. The lowest BCUT2D eigenvalue weighted by Crippen LogP contribution is -2.74. The van der Waals surface area contributed by atoms with Gasteiger partial charge in [-0.1, -0.05) is 166 Å². The lowest BCUT2D eigenvalue weighted by Gasteiger charge is -2.35. The van der Waals surface area contributed by atoms with E-state index in [0.717, 1.165) is 0 Å². The molecule has 0 amide bonds. The highest BCUT2D eigenvalue weighted by Gasteiger charge is 2.41. The van der Waals surface area contributed by atoms with Gasteiger partial charge in [-0.05, 0) is 106 Å². The first-order chi connectivity index (χ1) is 24.8. The Morgan fingerprint density at radius 3 is 0.960 bits per heavy atom. The topological polar surface area (TPSA) is 3.24 Å². The van der Waals surface area contributed by atoms with Gasteiger partial charge in [0.1, 0.15) is 0 Å². The maximum Gasteiger partial charge on any atom is 0.179 e. The van der Waals surface area contributed by atoms with Crippen molar-refractivity contribution < 1.29 is 0 Å². The lowest BCUT2D eigenvalue weighted by atomic mass is 9.84. The quantitative estimate of drug-likeness (QED) is 0.110. The van der Waals surface area contributed by atoms with Crippen LogP contribution in [0.3, 0.4) is 0 Å². The smallest absolute Gasteiger partial charge is 0.179 e. The van der Waals surface area contributed by atoms with Gasteiger partial charge in [-0.25, -0.2) is 0 Å². The molecule has 0 saturated heterocycles. The molecule has 6 aromatic carbocycles. The third-order valence-corrected chi connectivity index (χ3v) is 16.4. The highest BCUT2D eigenvalue weighted by Crippen LogP contribution is 2.39. The molecule has 0 atom stereocenters. The number of anilines is 3. The highest BCUT2D eigenvalue weighted by atomic mass is 28.3. The molecule has 0 heterocycles. The van der Waals surface area contributed by atoms with Crippen LogP contribution in [-0.4, -0.2) is 8.07 Å². The predicted molar refractivity (Wildman–Crippen MR) is 216 cm³/mol. The second-order valence-electron chi connectivity index (χ2n) is 14.6. The summed E-state index contributed by atoms with van der Waals surface area (Å²) in [6, 6.07) is 62.3. The number of hydrogen-bond acceptors (Lipinski definition) is 1. The van der Waals surface area contributed by atoms with Crippen LogP contribution >= 0.6 is 0 Å². The van der Waals surface area contributed by atoms with Gasteiger partial charge in [-0.2, -0.15) is 0 Å². The van der Waals surface area contributed by atoms with Crippen molar-refractivity contribution in [2.45, 2.75) is 76.0 Å². The summed E-state index contributed by atoms with van der Waals surface area (Å²) in [5.41, 5.74) is 6.64. The first-order valence-corrected chi connectivity index (χ1v) is 21.1. The largest absolute Gasteiger partial charge is 0.311 e. The summed E-state index contributed by atoms with van der Waals surface area (Å²) in [6.45, 7) is 0. The fourth-order valence-corrected chi connectivity index (χ4v) is 13.8. The third-order valence-electron chi connectivity index (χ3n) is 11.6. The van der Waals surface area contributed by atoms with E-state index in [1.165, 1.54) is 113 Å². The number of benzene rings is 6. The van der Waals surface area contributed by atoms with E-state index in [1.807, 2.05) is 0 Å². The normalized spacial score (nSPS) is 15.8. The van der Waals surface area contributed by atoms with E-state index in [9.17, 15) is 0 Å². The molecule has 2 aliphatic carbocycles. The van der Waals surface area contributed by atoms with Crippen molar-refractivity contribution in [1.29, 1.82) is 0 Å². The minimum Gasteiger partial charge on any atom is -0.311 e. The van der Waals surface area contributed by atoms with Gasteiger partial charge in [0.25, 0.3) is 0 Å². The predicted octanol–water partition coefficient (Wildman–Crippen LogP) is 10.6. The van der Waals surface area contributed by atoms with E-state index in [4.69, 9.17) is 0 Å². The molecule has 2 aliphatic rings. The molecule has 0 aliphatic heterocycles. The maximum atomic E-state index is 2.47. The molecule has 1 nitrogen and oxygen atoms in total. The third kappa shape index (κ3) is 6.50. The summed E-state index contributed by atoms with van der Waals surface area (Å²) in [7, 11) is -2.59. The van der Waals surface area contributed by atoms with Gasteiger partial charge >= 0.3 is 0 Å². The average Bonchev–Trinajstić information content (AvgIpc) is 3.21. The highest BCUT2D eigenvalue weighted by molar-refractivity contribution is 7.19. The molecule has 2 heteroatoms. The standard InChI is InChI=1S/C48H49NSi/c1-6-16-38(17-7-1)40-26-30-42(31-27-40)49(43-32-28-41(29-33-43)39-18-8-2-9-19-39)44-34-36-48(37-35-44)50(45-20-10-3-11-21-45,46-22-12-4-13-23-46)47-24-14-5-15-25-47/h3-5,10-15,20-39H,1-2,6-9,16-19H2. The summed E-state index contributed by atoms with van der Waals surface area (Å²) < 4.78 is 0. The van der Waals surface area contributed by atoms with Gasteiger partial charge in [0, 0.05) is 17.1 Å². The van der Waals surface area contributed by atoms with Crippen molar-refractivity contribution in [1.82, 2.24) is 0 Å². The van der Waals surface area contributed by atoms with Crippen molar-refractivity contribution in [2.24, 2.45) is 0 Å². The van der Waals surface area contributed by atoms with Crippen molar-refractivity contribution in [2.75, 3.05) is 4.90 Å². The van der Waals surface area contributed by atoms with Crippen LogP contribution in [0.25, 0.3) is 0 Å². The first kappa shape index (κ1) is 32.5. The van der Waals surface area contributed by atoms with Gasteiger partial charge in [-0.3, -0.25) is 0 Å². The molecule has 0 bridgehead atoms. The fourth-order valence-electron chi connectivity index (χ4n) is 9.04. The SMILES string of the molecule is c1ccc([Si](c2ccccc2)(c2ccccc2)c2ccc(N(c3ccc(C4CCCCC4)cc3)c3ccc(C4CCCCC4)cc3)cc2)cc1. The molecular weight excluding hydrogens is 619 g/mol. The van der Waals surface area contributed by atoms with Crippen LogP contribution in [0.5, 0.6) is 0 Å². The molecular formula is C48H49NSi. The summed E-state index contributed by atoms with van der Waals surface area (Å²) in [4.78, 5) is 2.47. The second-order valence-corrected chi connectivity index (χ2v) is 18.4. The summed E-state index contributed by atoms with van der Waals surface area (Å²) in [5, 5.41) is 5.60. The molecule has 250 valence electrons. The molecule has 2 saturated carbocycles. The van der Waals surface area contributed by atoms with Gasteiger partial charge in [0.2, 0.25) is 0 Å². The van der Waals surface area contributed by atoms with E-state index < -0.39 is 8.07 Å². The Morgan fingerprint density at radius 2 is 0.620 bits per heavy atom. The van der Waals surface area contributed by atoms with Crippen molar-refractivity contribution in [3.63, 3.8) is 0 Å². The lowest BCUT2D eigenvalue weighted by molar-refractivity contribution is 0.443. The zero-order valence-electron chi connectivity index (χ0n) is 29.3. The molecule has 0 radical (unpaired) electrons. The molecule has 0 N–H and O–H groups in total. The molecule has 6 aromatic rings. The fraction of sp³-hybridized carbons (Fsp3) is 0.250. The Morgan fingerprint density at radius 1 is 0.320 bits per heavy atom. The molecule has 0 spiro atoms. The summed E-state index contributed by atoms with van der Waals surface area (Å²) >= 11 is 0. The number of rotatable bonds is 9. The van der Waals surface area contributed by atoms with Crippen LogP contribution in [0, 0.1) is 0 Å². The monoisotopic (exact) mass is 667 g/mol. The van der Waals surface area contributed by atoms with Crippen LogP contribution in [0.15, 0.2) is 164 Å². The summed E-state index contributed by atoms with van der Waals surface area (Å²) in [5.74, 6) is 1.40. The Labute approximate surface area is 300 Å². The van der Waals surface area contributed by atoms with Crippen LogP contribution in [0.4, 0.5) is 17.1 Å². The maximum absolute atomic E-state index is 2.59. The van der Waals surface area contributed by atoms with Crippen LogP contribution in [-0.2, 0) is 0 Å². The van der Waals surface area contributed by atoms with Gasteiger partial charge < -0.3 is 4.90 Å². The molecule has 8 rings (SSSR count). The minimum atomic E-state index is -2.59. The Hall–Kier alpha value is -4.66. The van der Waals surface area contributed by atoms with Gasteiger partial charge in [0.15, 0.2) is 8.07 Å². The Bertz CT molecular complexity index is 1760. The average molecular weight is 668 g/mol. The van der Waals surface area contributed by atoms with E-state index in [1.54, 1.807) is 0 Å². The molecule has 0 aromatic heterocycles.